The van der Waals surface area contributed by atoms with Gasteiger partial charge >= 0.3 is 0 Å². The Morgan fingerprint density at radius 1 is 0.528 bits per heavy atom. The molecule has 0 bridgehead atoms. The highest BCUT2D eigenvalue weighted by atomic mass is 16.1. The second-order valence-electron chi connectivity index (χ2n) is 8.87. The van der Waals surface area contributed by atoms with Crippen molar-refractivity contribution in [3.05, 3.63) is 138 Å². The molecular formula is C32H27N3O. The summed E-state index contributed by atoms with van der Waals surface area (Å²) < 4.78 is 0. The summed E-state index contributed by atoms with van der Waals surface area (Å²) in [4.78, 5) is 12.0. The van der Waals surface area contributed by atoms with Crippen LogP contribution in [0.4, 0.5) is 17.1 Å². The van der Waals surface area contributed by atoms with Gasteiger partial charge in [0.25, 0.3) is 0 Å². The first-order valence-corrected chi connectivity index (χ1v) is 11.8. The van der Waals surface area contributed by atoms with Gasteiger partial charge in [0, 0.05) is 28.2 Å². The van der Waals surface area contributed by atoms with Gasteiger partial charge in [0.05, 0.1) is 0 Å². The molecule has 0 amide bonds. The van der Waals surface area contributed by atoms with Crippen LogP contribution in [0.15, 0.2) is 115 Å². The molecular weight excluding hydrogens is 442 g/mol. The molecule has 176 valence electrons. The number of nitrogens with two attached hydrogens (primary N) is 3. The molecule has 36 heavy (non-hydrogen) atoms. The number of hydrogen-bond acceptors (Lipinski definition) is 4. The number of ketones is 1. The van der Waals surface area contributed by atoms with E-state index in [9.17, 15) is 4.79 Å². The lowest BCUT2D eigenvalue weighted by molar-refractivity contribution is 0.103. The Labute approximate surface area is 211 Å². The van der Waals surface area contributed by atoms with E-state index in [-0.39, 0.29) is 5.78 Å². The number of benzene rings is 5. The van der Waals surface area contributed by atoms with Gasteiger partial charge in [-0.2, -0.15) is 0 Å². The predicted molar refractivity (Wildman–Crippen MR) is 150 cm³/mol. The Morgan fingerprint density at radius 3 is 1.72 bits per heavy atom. The lowest BCUT2D eigenvalue weighted by Gasteiger charge is -2.09. The third-order valence-corrected chi connectivity index (χ3v) is 6.37. The van der Waals surface area contributed by atoms with Crippen LogP contribution in [0.5, 0.6) is 0 Å². The first-order chi connectivity index (χ1) is 17.5. The third-order valence-electron chi connectivity index (χ3n) is 6.37. The SMILES string of the molecule is Nc1ccc(-c2cccc3c2Cc2ccccc2-3)cc1.Nc1cccc(C(=O)c2cccc(N)c2)c1. The van der Waals surface area contributed by atoms with E-state index in [0.29, 0.717) is 22.5 Å². The van der Waals surface area contributed by atoms with E-state index in [2.05, 4.69) is 54.6 Å². The molecule has 0 radical (unpaired) electrons. The van der Waals surface area contributed by atoms with Crippen LogP contribution >= 0.6 is 0 Å². The van der Waals surface area contributed by atoms with E-state index < -0.39 is 0 Å². The molecule has 0 fully saturated rings. The van der Waals surface area contributed by atoms with Crippen LogP contribution in [0.1, 0.15) is 27.0 Å². The summed E-state index contributed by atoms with van der Waals surface area (Å²) in [6.07, 6.45) is 1.02. The lowest BCUT2D eigenvalue weighted by Crippen LogP contribution is -2.02. The molecule has 0 aromatic heterocycles. The number of anilines is 3. The van der Waals surface area contributed by atoms with E-state index >= 15 is 0 Å². The van der Waals surface area contributed by atoms with Gasteiger partial charge in [0.2, 0.25) is 0 Å². The van der Waals surface area contributed by atoms with Crippen LogP contribution in [0.25, 0.3) is 22.3 Å². The monoisotopic (exact) mass is 469 g/mol. The average molecular weight is 470 g/mol. The predicted octanol–water partition coefficient (Wildman–Crippen LogP) is 6.59. The highest BCUT2D eigenvalue weighted by Gasteiger charge is 2.20. The zero-order valence-corrected chi connectivity index (χ0v) is 19.8. The summed E-state index contributed by atoms with van der Waals surface area (Å²) in [6.45, 7) is 0. The Morgan fingerprint density at radius 2 is 1.08 bits per heavy atom. The van der Waals surface area contributed by atoms with Crippen LogP contribution in [0.2, 0.25) is 0 Å². The fraction of sp³-hybridized carbons (Fsp3) is 0.0312. The maximum atomic E-state index is 12.0. The van der Waals surface area contributed by atoms with Crippen molar-refractivity contribution in [2.45, 2.75) is 6.42 Å². The Kier molecular flexibility index (Phi) is 6.25. The van der Waals surface area contributed by atoms with Gasteiger partial charge in [-0.25, -0.2) is 0 Å². The molecule has 0 unspecified atom stereocenters. The number of hydrogen-bond donors (Lipinski definition) is 3. The van der Waals surface area contributed by atoms with E-state index in [0.717, 1.165) is 12.1 Å². The summed E-state index contributed by atoms with van der Waals surface area (Å²) in [6, 6.07) is 37.2. The van der Waals surface area contributed by atoms with E-state index in [1.807, 2.05) is 12.1 Å². The molecule has 5 aromatic rings. The summed E-state index contributed by atoms with van der Waals surface area (Å²) in [5, 5.41) is 0. The minimum atomic E-state index is -0.0698. The second kappa shape index (κ2) is 9.80. The normalized spacial score (nSPS) is 11.1. The quantitative estimate of drug-likeness (QED) is 0.201. The molecule has 1 aliphatic rings. The summed E-state index contributed by atoms with van der Waals surface area (Å²) >= 11 is 0. The van der Waals surface area contributed by atoms with Crippen molar-refractivity contribution in [1.82, 2.24) is 0 Å². The van der Waals surface area contributed by atoms with Crippen LogP contribution in [0.3, 0.4) is 0 Å². The topological polar surface area (TPSA) is 95.1 Å². The molecule has 0 atom stereocenters. The summed E-state index contributed by atoms with van der Waals surface area (Å²) in [5.74, 6) is -0.0698. The van der Waals surface area contributed by atoms with Crippen molar-refractivity contribution in [3.8, 4) is 22.3 Å². The number of nitrogen functional groups attached to an aromatic ring is 3. The minimum Gasteiger partial charge on any atom is -0.399 e. The maximum Gasteiger partial charge on any atom is 0.193 e. The first-order valence-electron chi connectivity index (χ1n) is 11.8. The Balaban J connectivity index is 0.000000152. The van der Waals surface area contributed by atoms with Crippen molar-refractivity contribution in [3.63, 3.8) is 0 Å². The van der Waals surface area contributed by atoms with Gasteiger partial charge in [0.15, 0.2) is 5.78 Å². The number of fused-ring (bicyclic) bond motifs is 3. The Bertz CT molecular complexity index is 1510. The van der Waals surface area contributed by atoms with Gasteiger partial charge in [-0.05, 0) is 76.2 Å². The van der Waals surface area contributed by atoms with Crippen LogP contribution in [-0.2, 0) is 6.42 Å². The van der Waals surface area contributed by atoms with Gasteiger partial charge in [-0.1, -0.05) is 78.9 Å². The number of rotatable bonds is 3. The van der Waals surface area contributed by atoms with Crippen molar-refractivity contribution in [1.29, 1.82) is 0 Å². The maximum absolute atomic E-state index is 12.0. The van der Waals surface area contributed by atoms with Crippen molar-refractivity contribution < 1.29 is 4.79 Å². The fourth-order valence-electron chi connectivity index (χ4n) is 4.62. The molecule has 0 saturated heterocycles. The molecule has 6 N–H and O–H groups in total. The highest BCUT2D eigenvalue weighted by molar-refractivity contribution is 6.09. The first kappa shape index (κ1) is 22.9. The molecule has 6 rings (SSSR count). The van der Waals surface area contributed by atoms with Gasteiger partial charge in [0.1, 0.15) is 0 Å². The van der Waals surface area contributed by atoms with E-state index in [4.69, 9.17) is 17.2 Å². The zero-order valence-electron chi connectivity index (χ0n) is 19.8. The molecule has 0 saturated carbocycles. The third kappa shape index (κ3) is 4.70. The van der Waals surface area contributed by atoms with Gasteiger partial charge in [-0.15, -0.1) is 0 Å². The van der Waals surface area contributed by atoms with Crippen molar-refractivity contribution >= 4 is 22.8 Å². The zero-order chi connectivity index (χ0) is 25.1. The second-order valence-corrected chi connectivity index (χ2v) is 8.87. The molecule has 1 aliphatic carbocycles. The van der Waals surface area contributed by atoms with Gasteiger partial charge in [-0.3, -0.25) is 4.79 Å². The van der Waals surface area contributed by atoms with Crippen LogP contribution in [0, 0.1) is 0 Å². The van der Waals surface area contributed by atoms with Gasteiger partial charge < -0.3 is 17.2 Å². The van der Waals surface area contributed by atoms with Crippen LogP contribution < -0.4 is 17.2 Å². The Hall–Kier alpha value is -4.83. The summed E-state index contributed by atoms with van der Waals surface area (Å²) in [5.41, 5.74) is 28.3. The van der Waals surface area contributed by atoms with E-state index in [1.54, 1.807) is 48.5 Å². The molecule has 4 heteroatoms. The number of carbonyl (C=O) groups excluding carboxylic acids is 1. The summed E-state index contributed by atoms with van der Waals surface area (Å²) in [7, 11) is 0. The smallest absolute Gasteiger partial charge is 0.193 e. The standard InChI is InChI=1S/C19H15N.C13H12N2O/c20-15-10-8-13(9-11-15)16-6-3-7-18-17-5-2-1-4-14(17)12-19(16)18;14-11-5-1-3-9(7-11)13(16)10-4-2-6-12(15)8-10/h1-11H,12,20H2;1-8H,14-15H2. The molecule has 0 aliphatic heterocycles. The molecule has 4 nitrogen and oxygen atoms in total. The average Bonchev–Trinajstić information content (AvgIpc) is 3.28. The molecule has 0 spiro atoms. The van der Waals surface area contributed by atoms with Crippen molar-refractivity contribution in [2.75, 3.05) is 17.2 Å². The molecule has 0 heterocycles. The van der Waals surface area contributed by atoms with Crippen LogP contribution in [-0.4, -0.2) is 5.78 Å². The lowest BCUT2D eigenvalue weighted by atomic mass is 9.96. The van der Waals surface area contributed by atoms with E-state index in [1.165, 1.54) is 33.4 Å². The van der Waals surface area contributed by atoms with Crippen molar-refractivity contribution in [2.24, 2.45) is 0 Å². The number of carbonyl (C=O) groups is 1. The molecule has 5 aromatic carbocycles. The minimum absolute atomic E-state index is 0.0698. The fourth-order valence-corrected chi connectivity index (χ4v) is 4.62. The largest absolute Gasteiger partial charge is 0.399 e. The highest BCUT2D eigenvalue weighted by Crippen LogP contribution is 2.41.